The zero-order valence-electron chi connectivity index (χ0n) is 15.6. The van der Waals surface area contributed by atoms with Crippen molar-refractivity contribution in [2.45, 2.75) is 50.6 Å². The number of carbonyl (C=O) groups is 1. The van der Waals surface area contributed by atoms with Gasteiger partial charge in [0.05, 0.1) is 11.8 Å². The third-order valence-corrected chi connectivity index (χ3v) is 7.26. The summed E-state index contributed by atoms with van der Waals surface area (Å²) in [5, 5.41) is 5.21. The molecule has 1 unspecified atom stereocenters. The Labute approximate surface area is 167 Å². The number of aromatic nitrogens is 2. The summed E-state index contributed by atoms with van der Waals surface area (Å²) in [6.45, 7) is 4.17. The van der Waals surface area contributed by atoms with Crippen molar-refractivity contribution in [2.24, 2.45) is 0 Å². The molecule has 2 heterocycles. The molecule has 2 aromatic heterocycles. The topological polar surface area (TPSA) is 54.9 Å². The molecule has 0 bridgehead atoms. The smallest absolute Gasteiger partial charge is 0.230 e. The first kappa shape index (κ1) is 18.4. The summed E-state index contributed by atoms with van der Waals surface area (Å²) in [4.78, 5) is 23.9. The number of nitrogens with one attached hydrogen (secondary N) is 1. The van der Waals surface area contributed by atoms with Crippen LogP contribution in [-0.4, -0.2) is 21.6 Å². The highest BCUT2D eigenvalue weighted by Crippen LogP contribution is 2.39. The van der Waals surface area contributed by atoms with Crippen LogP contribution in [-0.2, 0) is 24.1 Å². The molecule has 0 saturated heterocycles. The number of hydrogen-bond acceptors (Lipinski definition) is 5. The molecule has 1 aliphatic rings. The van der Waals surface area contributed by atoms with E-state index in [1.54, 1.807) is 17.7 Å². The minimum atomic E-state index is -0.000168. The van der Waals surface area contributed by atoms with Crippen LogP contribution in [0.1, 0.15) is 47.9 Å². The van der Waals surface area contributed by atoms with E-state index in [2.05, 4.69) is 46.5 Å². The number of aryl methyl sites for hydroxylation is 3. The van der Waals surface area contributed by atoms with Crippen molar-refractivity contribution < 1.29 is 4.79 Å². The standard InChI is InChI=1S/C21H23N3OS2/c1-3-14-7-9-15(10-8-14)13(2)24-18(25)11-26-20-19-16-5-4-6-17(16)27-21(19)23-12-22-20/h7-10,12-13H,3-6,11H2,1-2H3,(H,24,25). The molecule has 1 atom stereocenters. The van der Waals surface area contributed by atoms with Crippen molar-refractivity contribution in [3.63, 3.8) is 0 Å². The van der Waals surface area contributed by atoms with E-state index in [0.717, 1.165) is 34.7 Å². The molecule has 0 aliphatic heterocycles. The summed E-state index contributed by atoms with van der Waals surface area (Å²) in [7, 11) is 0. The summed E-state index contributed by atoms with van der Waals surface area (Å²) >= 11 is 3.30. The number of carbonyl (C=O) groups excluding carboxylic acids is 1. The Balaban J connectivity index is 1.41. The van der Waals surface area contributed by atoms with Crippen LogP contribution in [0.25, 0.3) is 10.2 Å². The fraction of sp³-hybridized carbons (Fsp3) is 0.381. The van der Waals surface area contributed by atoms with Crippen molar-refractivity contribution in [1.29, 1.82) is 0 Å². The van der Waals surface area contributed by atoms with E-state index in [4.69, 9.17) is 0 Å². The van der Waals surface area contributed by atoms with E-state index in [-0.39, 0.29) is 11.9 Å². The van der Waals surface area contributed by atoms with E-state index in [9.17, 15) is 4.79 Å². The van der Waals surface area contributed by atoms with Gasteiger partial charge in [-0.05, 0) is 49.3 Å². The van der Waals surface area contributed by atoms with E-state index < -0.39 is 0 Å². The molecular formula is C21H23N3OS2. The maximum Gasteiger partial charge on any atom is 0.230 e. The van der Waals surface area contributed by atoms with Crippen LogP contribution in [0.15, 0.2) is 35.6 Å². The maximum atomic E-state index is 12.5. The van der Waals surface area contributed by atoms with Gasteiger partial charge in [-0.25, -0.2) is 9.97 Å². The summed E-state index contributed by atoms with van der Waals surface area (Å²) in [6, 6.07) is 8.45. The predicted molar refractivity (Wildman–Crippen MR) is 113 cm³/mol. The SMILES string of the molecule is CCc1ccc(C(C)NC(=O)CSc2ncnc3sc4c(c23)CCC4)cc1. The lowest BCUT2D eigenvalue weighted by molar-refractivity contribution is -0.119. The first-order valence-electron chi connectivity index (χ1n) is 9.42. The van der Waals surface area contributed by atoms with Crippen LogP contribution < -0.4 is 5.32 Å². The van der Waals surface area contributed by atoms with Crippen molar-refractivity contribution in [1.82, 2.24) is 15.3 Å². The maximum absolute atomic E-state index is 12.5. The van der Waals surface area contributed by atoms with Gasteiger partial charge in [-0.2, -0.15) is 0 Å². The summed E-state index contributed by atoms with van der Waals surface area (Å²) in [6.07, 6.45) is 6.11. The van der Waals surface area contributed by atoms with Gasteiger partial charge in [0.25, 0.3) is 0 Å². The van der Waals surface area contributed by atoms with Crippen molar-refractivity contribution in [3.8, 4) is 0 Å². The zero-order valence-corrected chi connectivity index (χ0v) is 17.3. The lowest BCUT2D eigenvalue weighted by Crippen LogP contribution is -2.28. The number of nitrogens with zero attached hydrogens (tertiary/aromatic N) is 2. The number of benzene rings is 1. The minimum absolute atomic E-state index is 0.000168. The Morgan fingerprint density at radius 3 is 2.85 bits per heavy atom. The number of rotatable bonds is 6. The average Bonchev–Trinajstić information content (AvgIpc) is 3.27. The van der Waals surface area contributed by atoms with Gasteiger partial charge in [0, 0.05) is 10.3 Å². The summed E-state index contributed by atoms with van der Waals surface area (Å²) in [5.41, 5.74) is 3.84. The Kier molecular flexibility index (Phi) is 5.45. The molecule has 140 valence electrons. The first-order chi connectivity index (χ1) is 13.2. The molecule has 1 N–H and O–H groups in total. The Morgan fingerprint density at radius 2 is 2.07 bits per heavy atom. The molecule has 3 aromatic rings. The Bertz CT molecular complexity index is 965. The highest BCUT2D eigenvalue weighted by atomic mass is 32.2. The molecule has 1 amide bonds. The third-order valence-electron chi connectivity index (χ3n) is 5.07. The van der Waals surface area contributed by atoms with Crippen LogP contribution in [0, 0.1) is 0 Å². The van der Waals surface area contributed by atoms with Crippen LogP contribution in [0.3, 0.4) is 0 Å². The molecule has 6 heteroatoms. The first-order valence-corrected chi connectivity index (χ1v) is 11.2. The molecular weight excluding hydrogens is 374 g/mol. The molecule has 4 nitrogen and oxygen atoms in total. The number of amides is 1. The van der Waals surface area contributed by atoms with E-state index >= 15 is 0 Å². The quantitative estimate of drug-likeness (QED) is 0.483. The Morgan fingerprint density at radius 1 is 1.26 bits per heavy atom. The molecule has 27 heavy (non-hydrogen) atoms. The number of thioether (sulfide) groups is 1. The molecule has 0 radical (unpaired) electrons. The largest absolute Gasteiger partial charge is 0.349 e. The summed E-state index contributed by atoms with van der Waals surface area (Å²) < 4.78 is 0. The van der Waals surface area contributed by atoms with Gasteiger partial charge in [0.2, 0.25) is 5.91 Å². The van der Waals surface area contributed by atoms with E-state index in [1.807, 2.05) is 6.92 Å². The fourth-order valence-corrected chi connectivity index (χ4v) is 5.68. The van der Waals surface area contributed by atoms with Gasteiger partial charge in [0.15, 0.2) is 0 Å². The second-order valence-corrected chi connectivity index (χ2v) is 8.94. The lowest BCUT2D eigenvalue weighted by atomic mass is 10.1. The highest BCUT2D eigenvalue weighted by molar-refractivity contribution is 8.00. The zero-order chi connectivity index (χ0) is 18.8. The van der Waals surface area contributed by atoms with Gasteiger partial charge in [0.1, 0.15) is 16.2 Å². The molecule has 4 rings (SSSR count). The van der Waals surface area contributed by atoms with Crippen LogP contribution in [0.4, 0.5) is 0 Å². The predicted octanol–water partition coefficient (Wildman–Crippen LogP) is 4.71. The van der Waals surface area contributed by atoms with Crippen molar-refractivity contribution in [3.05, 3.63) is 52.2 Å². The highest BCUT2D eigenvalue weighted by Gasteiger charge is 2.21. The van der Waals surface area contributed by atoms with Crippen LogP contribution >= 0.6 is 23.1 Å². The molecule has 0 spiro atoms. The third kappa shape index (κ3) is 3.87. The molecule has 0 fully saturated rings. The number of fused-ring (bicyclic) bond motifs is 3. The normalized spacial score (nSPS) is 14.3. The number of thiophene rings is 1. The lowest BCUT2D eigenvalue weighted by Gasteiger charge is -2.14. The Hall–Kier alpha value is -1.92. The van der Waals surface area contributed by atoms with Crippen LogP contribution in [0.2, 0.25) is 0 Å². The monoisotopic (exact) mass is 397 g/mol. The van der Waals surface area contributed by atoms with Gasteiger partial charge in [-0.15, -0.1) is 11.3 Å². The second kappa shape index (κ2) is 7.98. The van der Waals surface area contributed by atoms with E-state index in [0.29, 0.717) is 5.75 Å². The second-order valence-electron chi connectivity index (χ2n) is 6.89. The van der Waals surface area contributed by atoms with Crippen molar-refractivity contribution >= 4 is 39.2 Å². The van der Waals surface area contributed by atoms with Crippen molar-refractivity contribution in [2.75, 3.05) is 5.75 Å². The van der Waals surface area contributed by atoms with E-state index in [1.165, 1.54) is 39.6 Å². The van der Waals surface area contributed by atoms with Crippen LogP contribution in [0.5, 0.6) is 0 Å². The molecule has 0 saturated carbocycles. The van der Waals surface area contributed by atoms with Gasteiger partial charge in [-0.1, -0.05) is 43.0 Å². The van der Waals surface area contributed by atoms with Gasteiger partial charge >= 0.3 is 0 Å². The molecule has 1 aliphatic carbocycles. The molecule has 1 aromatic carbocycles. The fourth-order valence-electron chi connectivity index (χ4n) is 3.55. The van der Waals surface area contributed by atoms with Gasteiger partial charge < -0.3 is 5.32 Å². The average molecular weight is 398 g/mol. The van der Waals surface area contributed by atoms with Gasteiger partial charge in [-0.3, -0.25) is 4.79 Å². The minimum Gasteiger partial charge on any atom is -0.349 e. The number of hydrogen-bond donors (Lipinski definition) is 1. The summed E-state index contributed by atoms with van der Waals surface area (Å²) in [5.74, 6) is 0.402.